The maximum Gasteiger partial charge on any atom is 0.285 e. The standard InChI is InChI=1S/C19H14F2N2OS/c1-4-8-23-17-12(3)9-11(2)10-15(17)25-19(23)22-18(24)16-13(20)6-5-7-14(16)21/h1,5-7,9-10H,8H2,2-3H3. The number of terminal acetylenes is 1. The minimum atomic E-state index is -0.970. The Morgan fingerprint density at radius 1 is 1.28 bits per heavy atom. The zero-order chi connectivity index (χ0) is 18.1. The van der Waals surface area contributed by atoms with Crippen molar-refractivity contribution in [3.63, 3.8) is 0 Å². The molecule has 0 atom stereocenters. The van der Waals surface area contributed by atoms with Crippen LogP contribution in [-0.4, -0.2) is 10.5 Å². The highest BCUT2D eigenvalue weighted by molar-refractivity contribution is 7.16. The van der Waals surface area contributed by atoms with Gasteiger partial charge in [-0.1, -0.05) is 29.4 Å². The first-order chi connectivity index (χ1) is 11.9. The summed E-state index contributed by atoms with van der Waals surface area (Å²) in [5.41, 5.74) is 2.26. The predicted molar refractivity (Wildman–Crippen MR) is 94.4 cm³/mol. The molecule has 0 fully saturated rings. The van der Waals surface area contributed by atoms with E-state index in [1.807, 2.05) is 26.0 Å². The summed E-state index contributed by atoms with van der Waals surface area (Å²) < 4.78 is 30.3. The summed E-state index contributed by atoms with van der Waals surface area (Å²) in [5.74, 6) is -0.319. The van der Waals surface area contributed by atoms with E-state index in [-0.39, 0.29) is 6.54 Å². The van der Waals surface area contributed by atoms with Crippen LogP contribution in [-0.2, 0) is 6.54 Å². The van der Waals surface area contributed by atoms with Crippen LogP contribution in [0.3, 0.4) is 0 Å². The fraction of sp³-hybridized carbons (Fsp3) is 0.158. The van der Waals surface area contributed by atoms with E-state index >= 15 is 0 Å². The average molecular weight is 356 g/mol. The fourth-order valence-electron chi connectivity index (χ4n) is 2.76. The summed E-state index contributed by atoms with van der Waals surface area (Å²) >= 11 is 1.26. The normalized spacial score (nSPS) is 11.7. The topological polar surface area (TPSA) is 34.4 Å². The molecule has 3 rings (SSSR count). The molecular weight excluding hydrogens is 342 g/mol. The van der Waals surface area contributed by atoms with Gasteiger partial charge in [0, 0.05) is 0 Å². The van der Waals surface area contributed by atoms with Gasteiger partial charge in [0.2, 0.25) is 0 Å². The van der Waals surface area contributed by atoms with Gasteiger partial charge in [0.15, 0.2) is 4.80 Å². The summed E-state index contributed by atoms with van der Waals surface area (Å²) in [7, 11) is 0. The van der Waals surface area contributed by atoms with Gasteiger partial charge in [0.1, 0.15) is 17.2 Å². The second-order valence-electron chi connectivity index (χ2n) is 5.62. The highest BCUT2D eigenvalue weighted by atomic mass is 32.1. The number of thiazole rings is 1. The number of carbonyl (C=O) groups excluding carboxylic acids is 1. The number of carbonyl (C=O) groups is 1. The number of halogens is 2. The van der Waals surface area contributed by atoms with Crippen LogP contribution in [0.25, 0.3) is 10.2 Å². The Morgan fingerprint density at radius 2 is 1.96 bits per heavy atom. The van der Waals surface area contributed by atoms with Gasteiger partial charge in [-0.15, -0.1) is 6.42 Å². The molecule has 3 nitrogen and oxygen atoms in total. The molecule has 6 heteroatoms. The Hall–Kier alpha value is -2.78. The second-order valence-corrected chi connectivity index (χ2v) is 6.63. The third-order valence-corrected chi connectivity index (χ3v) is 4.76. The van der Waals surface area contributed by atoms with Gasteiger partial charge in [0.25, 0.3) is 5.91 Å². The third-order valence-electron chi connectivity index (χ3n) is 3.74. The summed E-state index contributed by atoms with van der Waals surface area (Å²) in [5, 5.41) is 0. The molecule has 0 unspecified atom stereocenters. The summed E-state index contributed by atoms with van der Waals surface area (Å²) in [6.45, 7) is 4.11. The number of amides is 1. The first kappa shape index (κ1) is 17.1. The van der Waals surface area contributed by atoms with Gasteiger partial charge in [-0.2, -0.15) is 4.99 Å². The first-order valence-electron chi connectivity index (χ1n) is 7.49. The van der Waals surface area contributed by atoms with E-state index in [9.17, 15) is 13.6 Å². The van der Waals surface area contributed by atoms with Crippen molar-refractivity contribution in [1.29, 1.82) is 0 Å². The number of nitrogens with zero attached hydrogens (tertiary/aromatic N) is 2. The van der Waals surface area contributed by atoms with Gasteiger partial charge in [-0.3, -0.25) is 4.79 Å². The maximum absolute atomic E-state index is 13.8. The van der Waals surface area contributed by atoms with Crippen molar-refractivity contribution in [2.24, 2.45) is 4.99 Å². The molecule has 0 N–H and O–H groups in total. The second kappa shape index (κ2) is 6.61. The quantitative estimate of drug-likeness (QED) is 0.640. The average Bonchev–Trinajstić information content (AvgIpc) is 2.85. The van der Waals surface area contributed by atoms with Crippen LogP contribution < -0.4 is 4.80 Å². The van der Waals surface area contributed by atoms with Crippen LogP contribution in [0.4, 0.5) is 8.78 Å². The van der Waals surface area contributed by atoms with Crippen LogP contribution in [0, 0.1) is 37.8 Å². The molecule has 1 heterocycles. The number of aryl methyl sites for hydroxylation is 2. The molecule has 0 bridgehead atoms. The van der Waals surface area contributed by atoms with E-state index < -0.39 is 23.1 Å². The third kappa shape index (κ3) is 3.11. The lowest BCUT2D eigenvalue weighted by atomic mass is 10.1. The summed E-state index contributed by atoms with van der Waals surface area (Å²) in [6.07, 6.45) is 5.44. The number of aromatic nitrogens is 1. The highest BCUT2D eigenvalue weighted by Crippen LogP contribution is 2.23. The Morgan fingerprint density at radius 3 is 2.60 bits per heavy atom. The van der Waals surface area contributed by atoms with Gasteiger partial charge in [-0.05, 0) is 43.2 Å². The SMILES string of the molecule is C#CCn1c(=NC(=O)c2c(F)cccc2F)sc2cc(C)cc(C)c21. The highest BCUT2D eigenvalue weighted by Gasteiger charge is 2.17. The van der Waals surface area contributed by atoms with E-state index in [1.165, 1.54) is 17.4 Å². The Bertz CT molecular complexity index is 1080. The number of hydrogen-bond donors (Lipinski definition) is 0. The molecule has 0 aliphatic heterocycles. The van der Waals surface area contributed by atoms with Gasteiger partial charge >= 0.3 is 0 Å². The molecule has 0 saturated carbocycles. The molecule has 1 amide bonds. The van der Waals surface area contributed by atoms with E-state index in [1.54, 1.807) is 4.57 Å². The zero-order valence-corrected chi connectivity index (χ0v) is 14.5. The first-order valence-corrected chi connectivity index (χ1v) is 8.31. The smallest absolute Gasteiger partial charge is 0.285 e. The van der Waals surface area contributed by atoms with Crippen molar-refractivity contribution in [3.05, 3.63) is 63.5 Å². The monoisotopic (exact) mass is 356 g/mol. The van der Waals surface area contributed by atoms with E-state index in [4.69, 9.17) is 6.42 Å². The van der Waals surface area contributed by atoms with Crippen molar-refractivity contribution >= 4 is 27.5 Å². The molecule has 2 aromatic carbocycles. The molecule has 3 aromatic rings. The molecule has 25 heavy (non-hydrogen) atoms. The molecule has 1 aromatic heterocycles. The zero-order valence-electron chi connectivity index (χ0n) is 13.6. The van der Waals surface area contributed by atoms with Crippen molar-refractivity contribution in [2.75, 3.05) is 0 Å². The van der Waals surface area contributed by atoms with Crippen LogP contribution in [0.5, 0.6) is 0 Å². The van der Waals surface area contributed by atoms with E-state index in [0.717, 1.165) is 33.5 Å². The number of benzene rings is 2. The molecule has 126 valence electrons. The van der Waals surface area contributed by atoms with E-state index in [0.29, 0.717) is 4.80 Å². The number of fused-ring (bicyclic) bond motifs is 1. The van der Waals surface area contributed by atoms with Crippen LogP contribution >= 0.6 is 11.3 Å². The lowest BCUT2D eigenvalue weighted by Crippen LogP contribution is -2.17. The van der Waals surface area contributed by atoms with Crippen molar-refractivity contribution in [3.8, 4) is 12.3 Å². The van der Waals surface area contributed by atoms with Gasteiger partial charge in [0.05, 0.1) is 16.8 Å². The van der Waals surface area contributed by atoms with Gasteiger partial charge in [-0.25, -0.2) is 8.78 Å². The Balaban J connectivity index is 2.26. The summed E-state index contributed by atoms with van der Waals surface area (Å²) in [4.78, 5) is 16.6. The number of rotatable bonds is 2. The van der Waals surface area contributed by atoms with Crippen LogP contribution in [0.2, 0.25) is 0 Å². The maximum atomic E-state index is 13.8. The molecular formula is C19H14F2N2OS. The van der Waals surface area contributed by atoms with E-state index in [2.05, 4.69) is 10.9 Å². The predicted octanol–water partition coefficient (Wildman–Crippen LogP) is 3.97. The molecule has 0 aliphatic carbocycles. The van der Waals surface area contributed by atoms with Crippen molar-refractivity contribution < 1.29 is 13.6 Å². The number of hydrogen-bond acceptors (Lipinski definition) is 2. The Labute approximate surface area is 147 Å². The minimum Gasteiger partial charge on any atom is -0.304 e. The fourth-order valence-corrected chi connectivity index (χ4v) is 3.96. The largest absolute Gasteiger partial charge is 0.304 e. The molecule has 0 radical (unpaired) electrons. The van der Waals surface area contributed by atoms with Crippen LogP contribution in [0.15, 0.2) is 35.3 Å². The molecule has 0 saturated heterocycles. The molecule has 0 aliphatic rings. The lowest BCUT2D eigenvalue weighted by molar-refractivity contribution is 0.0990. The minimum absolute atomic E-state index is 0.204. The van der Waals surface area contributed by atoms with Crippen LogP contribution in [0.1, 0.15) is 21.5 Å². The van der Waals surface area contributed by atoms with Crippen molar-refractivity contribution in [1.82, 2.24) is 4.57 Å². The Kier molecular flexibility index (Phi) is 4.51. The van der Waals surface area contributed by atoms with Crippen molar-refractivity contribution in [2.45, 2.75) is 20.4 Å². The molecule has 0 spiro atoms. The summed E-state index contributed by atoms with van der Waals surface area (Å²) in [6, 6.07) is 7.22. The van der Waals surface area contributed by atoms with Gasteiger partial charge < -0.3 is 4.57 Å². The lowest BCUT2D eigenvalue weighted by Gasteiger charge is -2.04.